The van der Waals surface area contributed by atoms with E-state index < -0.39 is 17.6 Å². The second-order valence-electron chi connectivity index (χ2n) is 2.46. The number of carboxylic acid groups (broad SMARTS) is 1. The highest BCUT2D eigenvalue weighted by molar-refractivity contribution is 6.30. The van der Waals surface area contributed by atoms with Crippen molar-refractivity contribution in [3.8, 4) is 0 Å². The number of hydrogen-bond acceptors (Lipinski definition) is 1. The molecule has 0 aliphatic heterocycles. The van der Waals surface area contributed by atoms with Gasteiger partial charge in [-0.3, -0.25) is 0 Å². The molecule has 0 spiro atoms. The van der Waals surface area contributed by atoms with Gasteiger partial charge in [-0.25, -0.2) is 13.6 Å². The van der Waals surface area contributed by atoms with Gasteiger partial charge in [0.2, 0.25) is 0 Å². The lowest BCUT2D eigenvalue weighted by Gasteiger charge is -1.98. The molecular formula is C9H5ClF2O2. The fourth-order valence-corrected chi connectivity index (χ4v) is 1.07. The van der Waals surface area contributed by atoms with Crippen LogP contribution in [0, 0.1) is 11.6 Å². The zero-order valence-electron chi connectivity index (χ0n) is 6.80. The van der Waals surface area contributed by atoms with Crippen LogP contribution in [0.25, 0.3) is 6.08 Å². The highest BCUT2D eigenvalue weighted by Gasteiger charge is 2.07. The molecule has 1 N–H and O–H groups in total. The van der Waals surface area contributed by atoms with Crippen molar-refractivity contribution in [2.75, 3.05) is 0 Å². The van der Waals surface area contributed by atoms with E-state index in [1.54, 1.807) is 0 Å². The van der Waals surface area contributed by atoms with Crippen molar-refractivity contribution in [2.45, 2.75) is 0 Å². The summed E-state index contributed by atoms with van der Waals surface area (Å²) < 4.78 is 25.7. The van der Waals surface area contributed by atoms with Gasteiger partial charge in [-0.15, -0.1) is 0 Å². The van der Waals surface area contributed by atoms with Gasteiger partial charge in [0.25, 0.3) is 0 Å². The summed E-state index contributed by atoms with van der Waals surface area (Å²) in [7, 11) is 0. The average Bonchev–Trinajstić information content (AvgIpc) is 2.08. The van der Waals surface area contributed by atoms with Crippen LogP contribution >= 0.6 is 11.6 Å². The Morgan fingerprint density at radius 3 is 2.64 bits per heavy atom. The molecule has 74 valence electrons. The van der Waals surface area contributed by atoms with Crippen LogP contribution in [-0.4, -0.2) is 11.1 Å². The third-order valence-corrected chi connectivity index (χ3v) is 1.64. The van der Waals surface area contributed by atoms with Gasteiger partial charge >= 0.3 is 5.97 Å². The zero-order chi connectivity index (χ0) is 10.7. The first-order valence-electron chi connectivity index (χ1n) is 3.56. The van der Waals surface area contributed by atoms with Gasteiger partial charge in [0, 0.05) is 16.7 Å². The predicted octanol–water partition coefficient (Wildman–Crippen LogP) is 2.72. The summed E-state index contributed by atoms with van der Waals surface area (Å²) >= 11 is 5.45. The fraction of sp³-hybridized carbons (Fsp3) is 0. The van der Waals surface area contributed by atoms with Crippen molar-refractivity contribution in [3.05, 3.63) is 40.4 Å². The van der Waals surface area contributed by atoms with Crippen LogP contribution in [0.4, 0.5) is 8.78 Å². The topological polar surface area (TPSA) is 37.3 Å². The molecule has 0 bridgehead atoms. The molecule has 14 heavy (non-hydrogen) atoms. The standard InChI is InChI=1S/C9H5ClF2O2/c10-6-3-5(1-2-8(13)14)9(12)7(11)4-6/h1-4H,(H,13,14)/b2-1+. The maximum Gasteiger partial charge on any atom is 0.328 e. The van der Waals surface area contributed by atoms with Crippen molar-refractivity contribution in [1.29, 1.82) is 0 Å². The van der Waals surface area contributed by atoms with Gasteiger partial charge in [0.05, 0.1) is 0 Å². The minimum Gasteiger partial charge on any atom is -0.478 e. The minimum absolute atomic E-state index is 0.00828. The second kappa shape index (κ2) is 4.19. The van der Waals surface area contributed by atoms with Gasteiger partial charge in [-0.05, 0) is 18.2 Å². The molecule has 0 radical (unpaired) electrons. The lowest BCUT2D eigenvalue weighted by molar-refractivity contribution is -0.131. The van der Waals surface area contributed by atoms with E-state index in [1.165, 1.54) is 0 Å². The van der Waals surface area contributed by atoms with Gasteiger partial charge in [-0.1, -0.05) is 11.6 Å². The Morgan fingerprint density at radius 2 is 2.07 bits per heavy atom. The number of carboxylic acids is 1. The van der Waals surface area contributed by atoms with Gasteiger partial charge in [-0.2, -0.15) is 0 Å². The van der Waals surface area contributed by atoms with Crippen LogP contribution in [0.3, 0.4) is 0 Å². The summed E-state index contributed by atoms with van der Waals surface area (Å²) in [5.74, 6) is -3.47. The highest BCUT2D eigenvalue weighted by Crippen LogP contribution is 2.19. The smallest absolute Gasteiger partial charge is 0.328 e. The van der Waals surface area contributed by atoms with Crippen LogP contribution in [-0.2, 0) is 4.79 Å². The summed E-state index contributed by atoms with van der Waals surface area (Å²) in [6.07, 6.45) is 1.64. The zero-order valence-corrected chi connectivity index (χ0v) is 7.55. The molecule has 0 aliphatic carbocycles. The minimum atomic E-state index is -1.25. The summed E-state index contributed by atoms with van der Waals surface area (Å²) in [6, 6.07) is 1.95. The lowest BCUT2D eigenvalue weighted by atomic mass is 10.2. The van der Waals surface area contributed by atoms with E-state index in [0.29, 0.717) is 6.08 Å². The van der Waals surface area contributed by atoms with E-state index in [-0.39, 0.29) is 10.6 Å². The van der Waals surface area contributed by atoms with Gasteiger partial charge in [0.15, 0.2) is 11.6 Å². The van der Waals surface area contributed by atoms with Crippen molar-refractivity contribution >= 4 is 23.6 Å². The number of hydrogen-bond donors (Lipinski definition) is 1. The molecule has 0 saturated carbocycles. The van der Waals surface area contributed by atoms with Gasteiger partial charge in [0.1, 0.15) is 0 Å². The predicted molar refractivity (Wildman–Crippen MR) is 48.0 cm³/mol. The van der Waals surface area contributed by atoms with Crippen LogP contribution in [0.1, 0.15) is 5.56 Å². The molecule has 1 rings (SSSR count). The van der Waals surface area contributed by atoms with Crippen molar-refractivity contribution in [3.63, 3.8) is 0 Å². The van der Waals surface area contributed by atoms with Crippen molar-refractivity contribution in [1.82, 2.24) is 0 Å². The van der Waals surface area contributed by atoms with E-state index in [4.69, 9.17) is 16.7 Å². The second-order valence-corrected chi connectivity index (χ2v) is 2.90. The Hall–Kier alpha value is -1.42. The van der Waals surface area contributed by atoms with E-state index in [1.807, 2.05) is 0 Å². The number of benzene rings is 1. The van der Waals surface area contributed by atoms with Crippen LogP contribution in [0.5, 0.6) is 0 Å². The first-order valence-corrected chi connectivity index (χ1v) is 3.94. The Morgan fingerprint density at radius 1 is 1.43 bits per heavy atom. The third kappa shape index (κ3) is 2.53. The highest BCUT2D eigenvalue weighted by atomic mass is 35.5. The van der Waals surface area contributed by atoms with Crippen molar-refractivity contribution in [2.24, 2.45) is 0 Å². The van der Waals surface area contributed by atoms with E-state index in [9.17, 15) is 13.6 Å². The first-order chi connectivity index (χ1) is 6.50. The molecule has 0 unspecified atom stereocenters. The molecule has 0 amide bonds. The molecule has 1 aromatic carbocycles. The Kier molecular flexibility index (Phi) is 3.19. The maximum absolute atomic E-state index is 13.0. The van der Waals surface area contributed by atoms with Crippen LogP contribution < -0.4 is 0 Å². The number of rotatable bonds is 2. The summed E-state index contributed by atoms with van der Waals surface area (Å²) in [5, 5.41) is 8.28. The molecule has 0 aromatic heterocycles. The molecular weight excluding hydrogens is 214 g/mol. The SMILES string of the molecule is O=C(O)/C=C/c1cc(Cl)cc(F)c1F. The van der Waals surface area contributed by atoms with Gasteiger partial charge < -0.3 is 5.11 Å². The summed E-state index contributed by atoms with van der Waals surface area (Å²) in [5.41, 5.74) is -0.197. The molecule has 0 atom stereocenters. The third-order valence-electron chi connectivity index (χ3n) is 1.43. The summed E-state index contributed by atoms with van der Waals surface area (Å²) in [4.78, 5) is 10.1. The Bertz CT molecular complexity index is 402. The number of carbonyl (C=O) groups is 1. The Labute approximate surface area is 83.4 Å². The summed E-state index contributed by atoms with van der Waals surface area (Å²) in [6.45, 7) is 0. The first kappa shape index (κ1) is 10.7. The molecule has 0 aliphatic rings. The average molecular weight is 219 g/mol. The molecule has 5 heteroatoms. The molecule has 0 fully saturated rings. The van der Waals surface area contributed by atoms with Crippen molar-refractivity contribution < 1.29 is 18.7 Å². The van der Waals surface area contributed by atoms with E-state index in [0.717, 1.165) is 18.2 Å². The lowest BCUT2D eigenvalue weighted by Crippen LogP contribution is -1.91. The molecule has 1 aromatic rings. The number of halogens is 3. The van der Waals surface area contributed by atoms with Crippen LogP contribution in [0.2, 0.25) is 5.02 Å². The largest absolute Gasteiger partial charge is 0.478 e. The van der Waals surface area contributed by atoms with Crippen LogP contribution in [0.15, 0.2) is 18.2 Å². The quantitative estimate of drug-likeness (QED) is 0.612. The molecule has 2 nitrogen and oxygen atoms in total. The fourth-order valence-electron chi connectivity index (χ4n) is 0.858. The van der Waals surface area contributed by atoms with E-state index >= 15 is 0 Å². The van der Waals surface area contributed by atoms with E-state index in [2.05, 4.69) is 0 Å². The molecule has 0 heterocycles. The number of aliphatic carboxylic acids is 1. The molecule has 0 saturated heterocycles. The Balaban J connectivity index is 3.14. The maximum atomic E-state index is 13.0. The normalized spacial score (nSPS) is 10.8. The monoisotopic (exact) mass is 218 g/mol.